The van der Waals surface area contributed by atoms with Gasteiger partial charge in [-0.25, -0.2) is 0 Å². The van der Waals surface area contributed by atoms with E-state index in [9.17, 15) is 9.90 Å². The van der Waals surface area contributed by atoms with E-state index in [1.165, 1.54) is 0 Å². The third-order valence-electron chi connectivity index (χ3n) is 2.93. The summed E-state index contributed by atoms with van der Waals surface area (Å²) >= 11 is 0. The molecule has 0 bridgehead atoms. The van der Waals surface area contributed by atoms with Crippen LogP contribution in [0.15, 0.2) is 15.1 Å². The number of rotatable bonds is 5. The molecule has 0 spiro atoms. The van der Waals surface area contributed by atoms with Gasteiger partial charge in [-0.2, -0.15) is 0 Å². The van der Waals surface area contributed by atoms with Gasteiger partial charge in [-0.05, 0) is 6.92 Å². The van der Waals surface area contributed by atoms with Crippen molar-refractivity contribution in [2.75, 3.05) is 0 Å². The van der Waals surface area contributed by atoms with Gasteiger partial charge in [-0.15, -0.1) is 0 Å². The Hall–Kier alpha value is -2.15. The number of carbonyl (C=O) groups excluding carboxylic acids is 1. The second kappa shape index (κ2) is 5.87. The van der Waals surface area contributed by atoms with Crippen LogP contribution in [0.4, 0.5) is 0 Å². The Morgan fingerprint density at radius 2 is 2.15 bits per heavy atom. The summed E-state index contributed by atoms with van der Waals surface area (Å²) in [4.78, 5) is 11.9. The molecule has 0 aliphatic rings. The van der Waals surface area contributed by atoms with Crippen molar-refractivity contribution in [2.24, 2.45) is 0 Å². The van der Waals surface area contributed by atoms with Gasteiger partial charge in [0.25, 0.3) is 5.91 Å². The summed E-state index contributed by atoms with van der Waals surface area (Å²) < 4.78 is 10.0. The maximum Gasteiger partial charge on any atom is 0.274 e. The molecular weight excluding hydrogens is 262 g/mol. The van der Waals surface area contributed by atoms with E-state index < -0.39 is 5.91 Å². The average Bonchev–Trinajstić information content (AvgIpc) is 3.02. The topological polar surface area (TPSA) is 101 Å². The minimum Gasteiger partial charge on any atom is -0.391 e. The Morgan fingerprint density at radius 1 is 1.40 bits per heavy atom. The smallest absolute Gasteiger partial charge is 0.274 e. The molecule has 20 heavy (non-hydrogen) atoms. The summed E-state index contributed by atoms with van der Waals surface area (Å²) in [6.07, 6.45) is 0. The standard InChI is InChI=1S/C13H17N3O4/c1-7(2)11-4-9(15-20-11)5-14-13(18)12-10(6-17)8(3)19-16-12/h4,7,17H,5-6H2,1-3H3,(H,14,18). The summed E-state index contributed by atoms with van der Waals surface area (Å²) in [5.74, 6) is 1.02. The molecule has 7 heteroatoms. The molecule has 0 saturated heterocycles. The Morgan fingerprint density at radius 3 is 2.75 bits per heavy atom. The van der Waals surface area contributed by atoms with Gasteiger partial charge >= 0.3 is 0 Å². The molecule has 2 aromatic heterocycles. The van der Waals surface area contributed by atoms with E-state index in [2.05, 4.69) is 15.6 Å². The van der Waals surface area contributed by atoms with Crippen LogP contribution in [0.5, 0.6) is 0 Å². The molecule has 2 aromatic rings. The predicted molar refractivity (Wildman–Crippen MR) is 68.9 cm³/mol. The molecule has 0 radical (unpaired) electrons. The zero-order valence-electron chi connectivity index (χ0n) is 11.6. The minimum absolute atomic E-state index is 0.0950. The monoisotopic (exact) mass is 279 g/mol. The largest absolute Gasteiger partial charge is 0.391 e. The number of aromatic nitrogens is 2. The predicted octanol–water partition coefficient (Wildman–Crippen LogP) is 1.52. The molecule has 2 N–H and O–H groups in total. The van der Waals surface area contributed by atoms with Crippen LogP contribution in [-0.2, 0) is 13.2 Å². The number of nitrogens with zero attached hydrogens (tertiary/aromatic N) is 2. The zero-order chi connectivity index (χ0) is 14.7. The van der Waals surface area contributed by atoms with E-state index in [1.54, 1.807) is 13.0 Å². The molecule has 0 unspecified atom stereocenters. The van der Waals surface area contributed by atoms with Crippen molar-refractivity contribution in [2.45, 2.75) is 39.8 Å². The van der Waals surface area contributed by atoms with Crippen molar-refractivity contribution < 1.29 is 18.9 Å². The fraction of sp³-hybridized carbons (Fsp3) is 0.462. The van der Waals surface area contributed by atoms with E-state index in [0.29, 0.717) is 17.0 Å². The Bertz CT molecular complexity index is 601. The molecule has 0 aromatic carbocycles. The van der Waals surface area contributed by atoms with E-state index in [0.717, 1.165) is 5.76 Å². The summed E-state index contributed by atoms with van der Waals surface area (Å²) in [5.41, 5.74) is 1.12. The molecular formula is C13H17N3O4. The van der Waals surface area contributed by atoms with Crippen molar-refractivity contribution in [3.63, 3.8) is 0 Å². The van der Waals surface area contributed by atoms with Crippen molar-refractivity contribution in [1.29, 1.82) is 0 Å². The first kappa shape index (κ1) is 14.3. The number of nitrogens with one attached hydrogen (secondary N) is 1. The van der Waals surface area contributed by atoms with Gasteiger partial charge in [0.2, 0.25) is 0 Å². The van der Waals surface area contributed by atoms with Gasteiger partial charge in [0.05, 0.1) is 18.7 Å². The summed E-state index contributed by atoms with van der Waals surface area (Å²) in [5, 5.41) is 19.3. The molecule has 2 rings (SSSR count). The Balaban J connectivity index is 2.01. The van der Waals surface area contributed by atoms with Crippen LogP contribution in [0.3, 0.4) is 0 Å². The van der Waals surface area contributed by atoms with Gasteiger partial charge in [0.1, 0.15) is 17.2 Å². The van der Waals surface area contributed by atoms with Gasteiger partial charge < -0.3 is 19.5 Å². The SMILES string of the molecule is Cc1onc(C(=O)NCc2cc(C(C)C)on2)c1CO. The number of hydrogen-bond acceptors (Lipinski definition) is 6. The second-order valence-electron chi connectivity index (χ2n) is 4.78. The lowest BCUT2D eigenvalue weighted by molar-refractivity contribution is 0.0938. The van der Waals surface area contributed by atoms with Gasteiger partial charge in [-0.1, -0.05) is 24.2 Å². The Labute approximate surface area is 115 Å². The molecule has 7 nitrogen and oxygen atoms in total. The van der Waals surface area contributed by atoms with Crippen molar-refractivity contribution >= 4 is 5.91 Å². The third kappa shape index (κ3) is 2.88. The summed E-state index contributed by atoms with van der Waals surface area (Å²) in [6, 6.07) is 1.80. The molecule has 108 valence electrons. The van der Waals surface area contributed by atoms with Gasteiger partial charge in [0, 0.05) is 12.0 Å². The molecule has 1 amide bonds. The summed E-state index contributed by atoms with van der Waals surface area (Å²) in [6.45, 7) is 5.57. The van der Waals surface area contributed by atoms with E-state index in [-0.39, 0.29) is 24.8 Å². The zero-order valence-corrected chi connectivity index (χ0v) is 11.6. The van der Waals surface area contributed by atoms with Crippen LogP contribution in [0.25, 0.3) is 0 Å². The first-order chi connectivity index (χ1) is 9.52. The van der Waals surface area contributed by atoms with Gasteiger partial charge in [0.15, 0.2) is 5.69 Å². The minimum atomic E-state index is -0.417. The lowest BCUT2D eigenvalue weighted by atomic mass is 10.1. The molecule has 0 aliphatic heterocycles. The van der Waals surface area contributed by atoms with Gasteiger partial charge in [-0.3, -0.25) is 4.79 Å². The molecule has 2 heterocycles. The maximum absolute atomic E-state index is 11.9. The van der Waals surface area contributed by atoms with Crippen LogP contribution in [-0.4, -0.2) is 21.3 Å². The first-order valence-electron chi connectivity index (χ1n) is 6.32. The number of hydrogen-bond donors (Lipinski definition) is 2. The highest BCUT2D eigenvalue weighted by Crippen LogP contribution is 2.16. The fourth-order valence-electron chi connectivity index (χ4n) is 1.69. The highest BCUT2D eigenvalue weighted by Gasteiger charge is 2.19. The first-order valence-corrected chi connectivity index (χ1v) is 6.32. The van der Waals surface area contributed by atoms with Crippen LogP contribution in [0.1, 0.15) is 53.0 Å². The Kier molecular flexibility index (Phi) is 4.19. The second-order valence-corrected chi connectivity index (χ2v) is 4.78. The molecule has 0 saturated carbocycles. The van der Waals surface area contributed by atoms with E-state index >= 15 is 0 Å². The molecule has 0 fully saturated rings. The number of aliphatic hydroxyl groups is 1. The van der Waals surface area contributed by atoms with Crippen LogP contribution < -0.4 is 5.32 Å². The quantitative estimate of drug-likeness (QED) is 0.860. The normalized spacial score (nSPS) is 11.1. The number of carbonyl (C=O) groups is 1. The van der Waals surface area contributed by atoms with Crippen LogP contribution >= 0.6 is 0 Å². The fourth-order valence-corrected chi connectivity index (χ4v) is 1.69. The van der Waals surface area contributed by atoms with Crippen LogP contribution in [0, 0.1) is 6.92 Å². The van der Waals surface area contributed by atoms with Crippen LogP contribution in [0.2, 0.25) is 0 Å². The number of aliphatic hydroxyl groups excluding tert-OH is 1. The molecule has 0 atom stereocenters. The van der Waals surface area contributed by atoms with E-state index in [4.69, 9.17) is 9.05 Å². The third-order valence-corrected chi connectivity index (χ3v) is 2.93. The maximum atomic E-state index is 11.9. The summed E-state index contributed by atoms with van der Waals surface area (Å²) in [7, 11) is 0. The lowest BCUT2D eigenvalue weighted by Crippen LogP contribution is -2.24. The highest BCUT2D eigenvalue weighted by molar-refractivity contribution is 5.93. The average molecular weight is 279 g/mol. The molecule has 0 aliphatic carbocycles. The van der Waals surface area contributed by atoms with Crippen molar-refractivity contribution in [1.82, 2.24) is 15.6 Å². The highest BCUT2D eigenvalue weighted by atomic mass is 16.5. The number of amides is 1. The van der Waals surface area contributed by atoms with Crippen molar-refractivity contribution in [3.05, 3.63) is 34.5 Å². The van der Waals surface area contributed by atoms with E-state index in [1.807, 2.05) is 13.8 Å². The van der Waals surface area contributed by atoms with Crippen molar-refractivity contribution in [3.8, 4) is 0 Å². The number of aryl methyl sites for hydroxylation is 1. The lowest BCUT2D eigenvalue weighted by Gasteiger charge is -2.00.